The Kier molecular flexibility index (Phi) is 10.8. The van der Waals surface area contributed by atoms with Gasteiger partial charge in [0.2, 0.25) is 0 Å². The van der Waals surface area contributed by atoms with Gasteiger partial charge in [0.05, 0.1) is 12.6 Å². The molecule has 0 bridgehead atoms. The standard InChI is InChI=1S/C19H27FN4S.HI/c1-4-21-19(22-11-10-15-7-5-8-16(20)13-15)23-14-17(24(2)3)18-9-6-12-25-18;/h5-9,12-13,17H,4,10-11,14H2,1-3H3,(H2,21,22,23);1H. The van der Waals surface area contributed by atoms with Crippen molar-refractivity contribution in [1.29, 1.82) is 0 Å². The summed E-state index contributed by atoms with van der Waals surface area (Å²) in [4.78, 5) is 8.22. The molecule has 7 heteroatoms. The van der Waals surface area contributed by atoms with Crippen molar-refractivity contribution >= 4 is 41.3 Å². The molecule has 0 aliphatic rings. The molecule has 1 heterocycles. The van der Waals surface area contributed by atoms with Gasteiger partial charge in [0.15, 0.2) is 5.96 Å². The number of hydrogen-bond donors (Lipinski definition) is 2. The molecule has 0 aliphatic carbocycles. The predicted molar refractivity (Wildman–Crippen MR) is 120 cm³/mol. The highest BCUT2D eigenvalue weighted by Gasteiger charge is 2.14. The van der Waals surface area contributed by atoms with Crippen LogP contribution in [0.25, 0.3) is 0 Å². The maximum atomic E-state index is 13.2. The van der Waals surface area contributed by atoms with Gasteiger partial charge in [-0.1, -0.05) is 18.2 Å². The highest BCUT2D eigenvalue weighted by molar-refractivity contribution is 14.0. The number of hydrogen-bond acceptors (Lipinski definition) is 3. The van der Waals surface area contributed by atoms with E-state index in [0.717, 1.165) is 24.5 Å². The van der Waals surface area contributed by atoms with Gasteiger partial charge in [-0.15, -0.1) is 35.3 Å². The molecular formula is C19H28FIN4S. The number of aliphatic imine (C=N–C) groups is 1. The minimum atomic E-state index is -0.192. The molecule has 1 aromatic heterocycles. The molecule has 1 atom stereocenters. The molecule has 0 spiro atoms. The van der Waals surface area contributed by atoms with Gasteiger partial charge in [0.1, 0.15) is 5.82 Å². The fourth-order valence-corrected chi connectivity index (χ4v) is 3.44. The lowest BCUT2D eigenvalue weighted by molar-refractivity contribution is 0.310. The lowest BCUT2D eigenvalue weighted by Gasteiger charge is -2.22. The molecule has 0 fully saturated rings. The van der Waals surface area contributed by atoms with Crippen LogP contribution in [0.4, 0.5) is 4.39 Å². The fourth-order valence-electron chi connectivity index (χ4n) is 2.53. The zero-order valence-corrected chi connectivity index (χ0v) is 18.7. The maximum Gasteiger partial charge on any atom is 0.191 e. The van der Waals surface area contributed by atoms with Crippen LogP contribution >= 0.6 is 35.3 Å². The Morgan fingerprint density at radius 2 is 2.04 bits per heavy atom. The van der Waals surface area contributed by atoms with Gasteiger partial charge in [0, 0.05) is 18.0 Å². The van der Waals surface area contributed by atoms with Crippen LogP contribution in [-0.4, -0.2) is 44.6 Å². The summed E-state index contributed by atoms with van der Waals surface area (Å²) in [6.07, 6.45) is 0.754. The van der Waals surface area contributed by atoms with Crippen molar-refractivity contribution in [1.82, 2.24) is 15.5 Å². The Morgan fingerprint density at radius 3 is 2.65 bits per heavy atom. The summed E-state index contributed by atoms with van der Waals surface area (Å²) in [5.74, 6) is 0.602. The molecule has 2 rings (SSSR count). The number of halogens is 2. The first-order valence-electron chi connectivity index (χ1n) is 8.56. The molecule has 0 saturated heterocycles. The van der Waals surface area contributed by atoms with Gasteiger partial charge in [-0.3, -0.25) is 4.99 Å². The summed E-state index contributed by atoms with van der Waals surface area (Å²) in [6, 6.07) is 11.2. The lowest BCUT2D eigenvalue weighted by atomic mass is 10.1. The molecule has 0 saturated carbocycles. The van der Waals surface area contributed by atoms with E-state index >= 15 is 0 Å². The van der Waals surface area contributed by atoms with E-state index in [1.54, 1.807) is 23.5 Å². The third kappa shape index (κ3) is 7.59. The summed E-state index contributed by atoms with van der Waals surface area (Å²) in [6.45, 7) is 4.24. The van der Waals surface area contributed by atoms with Gasteiger partial charge in [-0.05, 0) is 56.6 Å². The van der Waals surface area contributed by atoms with Crippen LogP contribution in [0.5, 0.6) is 0 Å². The highest BCUT2D eigenvalue weighted by atomic mass is 127. The van der Waals surface area contributed by atoms with Gasteiger partial charge in [-0.2, -0.15) is 0 Å². The number of nitrogens with zero attached hydrogens (tertiary/aromatic N) is 2. The summed E-state index contributed by atoms with van der Waals surface area (Å²) in [5.41, 5.74) is 0.980. The Hall–Kier alpha value is -1.19. The van der Waals surface area contributed by atoms with E-state index in [1.165, 1.54) is 10.9 Å². The van der Waals surface area contributed by atoms with Crippen molar-refractivity contribution in [2.24, 2.45) is 4.99 Å². The second-order valence-electron chi connectivity index (χ2n) is 6.02. The van der Waals surface area contributed by atoms with Crippen LogP contribution in [0.1, 0.15) is 23.4 Å². The van der Waals surface area contributed by atoms with Crippen molar-refractivity contribution in [2.45, 2.75) is 19.4 Å². The van der Waals surface area contributed by atoms with Crippen LogP contribution < -0.4 is 10.6 Å². The number of rotatable bonds is 8. The number of benzene rings is 1. The summed E-state index contributed by atoms with van der Waals surface area (Å²) >= 11 is 1.75. The average molecular weight is 490 g/mol. The first kappa shape index (κ1) is 22.9. The second kappa shape index (κ2) is 12.2. The number of likely N-dealkylation sites (N-methyl/N-ethyl adjacent to an activating group) is 1. The third-order valence-electron chi connectivity index (χ3n) is 3.86. The normalized spacial score (nSPS) is 12.6. The molecule has 1 aromatic carbocycles. The molecule has 4 nitrogen and oxygen atoms in total. The van der Waals surface area contributed by atoms with Crippen LogP contribution in [0.15, 0.2) is 46.8 Å². The molecule has 0 aliphatic heterocycles. The van der Waals surface area contributed by atoms with E-state index in [0.29, 0.717) is 13.1 Å². The Balaban J connectivity index is 0.00000338. The first-order chi connectivity index (χ1) is 12.1. The summed E-state index contributed by atoms with van der Waals surface area (Å²) < 4.78 is 13.2. The van der Waals surface area contributed by atoms with Crippen LogP contribution in [0, 0.1) is 5.82 Å². The quantitative estimate of drug-likeness (QED) is 0.335. The van der Waals surface area contributed by atoms with E-state index < -0.39 is 0 Å². The Bertz CT molecular complexity index is 661. The van der Waals surface area contributed by atoms with Gasteiger partial charge < -0.3 is 15.5 Å². The summed E-state index contributed by atoms with van der Waals surface area (Å²) in [5, 5.41) is 8.69. The fraction of sp³-hybridized carbons (Fsp3) is 0.421. The van der Waals surface area contributed by atoms with Crippen molar-refractivity contribution in [2.75, 3.05) is 33.7 Å². The topological polar surface area (TPSA) is 39.7 Å². The van der Waals surface area contributed by atoms with E-state index in [4.69, 9.17) is 4.99 Å². The van der Waals surface area contributed by atoms with Crippen LogP contribution in [-0.2, 0) is 6.42 Å². The van der Waals surface area contributed by atoms with Crippen LogP contribution in [0.3, 0.4) is 0 Å². The highest BCUT2D eigenvalue weighted by Crippen LogP contribution is 2.23. The number of thiophene rings is 1. The Labute approximate surface area is 176 Å². The van der Waals surface area contributed by atoms with Crippen molar-refractivity contribution < 1.29 is 4.39 Å². The molecule has 0 radical (unpaired) electrons. The predicted octanol–water partition coefficient (Wildman–Crippen LogP) is 3.91. The van der Waals surface area contributed by atoms with E-state index in [-0.39, 0.29) is 35.8 Å². The molecule has 2 aromatic rings. The average Bonchev–Trinajstić information content (AvgIpc) is 3.09. The number of nitrogens with one attached hydrogen (secondary N) is 2. The molecular weight excluding hydrogens is 462 g/mol. The largest absolute Gasteiger partial charge is 0.357 e. The zero-order valence-electron chi connectivity index (χ0n) is 15.5. The third-order valence-corrected chi connectivity index (χ3v) is 4.83. The lowest BCUT2D eigenvalue weighted by Crippen LogP contribution is -2.39. The smallest absolute Gasteiger partial charge is 0.191 e. The zero-order chi connectivity index (χ0) is 18.1. The van der Waals surface area contributed by atoms with Gasteiger partial charge >= 0.3 is 0 Å². The van der Waals surface area contributed by atoms with Crippen molar-refractivity contribution in [3.05, 3.63) is 58.0 Å². The monoisotopic (exact) mass is 490 g/mol. The van der Waals surface area contributed by atoms with E-state index in [2.05, 4.69) is 47.1 Å². The second-order valence-corrected chi connectivity index (χ2v) is 7.00. The maximum absolute atomic E-state index is 13.2. The first-order valence-corrected chi connectivity index (χ1v) is 9.44. The molecule has 144 valence electrons. The SMILES string of the molecule is CCNC(=NCC(c1cccs1)N(C)C)NCCc1cccc(F)c1.I. The summed E-state index contributed by atoms with van der Waals surface area (Å²) in [7, 11) is 4.15. The minimum Gasteiger partial charge on any atom is -0.357 e. The molecule has 1 unspecified atom stereocenters. The van der Waals surface area contributed by atoms with Gasteiger partial charge in [0.25, 0.3) is 0 Å². The molecule has 2 N–H and O–H groups in total. The molecule has 0 amide bonds. The van der Waals surface area contributed by atoms with Gasteiger partial charge in [-0.25, -0.2) is 4.39 Å². The number of guanidine groups is 1. The Morgan fingerprint density at radius 1 is 1.23 bits per heavy atom. The minimum absolute atomic E-state index is 0. The van der Waals surface area contributed by atoms with E-state index in [1.807, 2.05) is 13.0 Å². The van der Waals surface area contributed by atoms with Crippen LogP contribution in [0.2, 0.25) is 0 Å². The molecule has 26 heavy (non-hydrogen) atoms. The van der Waals surface area contributed by atoms with Crippen molar-refractivity contribution in [3.63, 3.8) is 0 Å². The van der Waals surface area contributed by atoms with Crippen molar-refractivity contribution in [3.8, 4) is 0 Å². The van der Waals surface area contributed by atoms with E-state index in [9.17, 15) is 4.39 Å².